The first-order valence-corrected chi connectivity index (χ1v) is 6.05. The van der Waals surface area contributed by atoms with E-state index in [9.17, 15) is 9.59 Å². The van der Waals surface area contributed by atoms with E-state index in [-0.39, 0.29) is 18.1 Å². The normalized spacial score (nSPS) is 10.2. The van der Waals surface area contributed by atoms with Gasteiger partial charge in [-0.3, -0.25) is 4.79 Å². The molecule has 0 aliphatic carbocycles. The van der Waals surface area contributed by atoms with E-state index in [0.717, 1.165) is 5.56 Å². The van der Waals surface area contributed by atoms with E-state index in [2.05, 4.69) is 4.98 Å². The van der Waals surface area contributed by atoms with Gasteiger partial charge in [0.25, 0.3) is 0 Å². The molecule has 0 atom stereocenters. The highest BCUT2D eigenvalue weighted by atomic mass is 35.5. The molecule has 0 fully saturated rings. The highest BCUT2D eigenvalue weighted by Crippen LogP contribution is 2.12. The molecule has 0 bridgehead atoms. The van der Waals surface area contributed by atoms with Gasteiger partial charge < -0.3 is 9.72 Å². The molecule has 4 nitrogen and oxygen atoms in total. The average molecular weight is 278 g/mol. The van der Waals surface area contributed by atoms with Crippen LogP contribution in [0.2, 0.25) is 5.02 Å². The number of aromatic amines is 1. The molecule has 2 rings (SSSR count). The van der Waals surface area contributed by atoms with Crippen LogP contribution >= 0.6 is 11.6 Å². The Balaban J connectivity index is 1.99. The van der Waals surface area contributed by atoms with Crippen LogP contribution in [-0.4, -0.2) is 16.7 Å². The molecule has 0 aliphatic rings. The SMILES string of the molecule is CC(=O)c1c[nH]c(C(=O)OCc2cccc(Cl)c2)c1. The van der Waals surface area contributed by atoms with E-state index in [4.69, 9.17) is 16.3 Å². The van der Waals surface area contributed by atoms with Crippen molar-refractivity contribution < 1.29 is 14.3 Å². The number of aromatic nitrogens is 1. The Kier molecular flexibility index (Phi) is 4.02. The zero-order chi connectivity index (χ0) is 13.8. The Bertz CT molecular complexity index is 619. The zero-order valence-electron chi connectivity index (χ0n) is 10.3. The number of Topliss-reactive ketones (excluding diaryl/α,β-unsaturated/α-hetero) is 1. The molecule has 0 amide bonds. The maximum Gasteiger partial charge on any atom is 0.355 e. The van der Waals surface area contributed by atoms with Crippen LogP contribution in [0, 0.1) is 0 Å². The number of hydrogen-bond acceptors (Lipinski definition) is 3. The number of rotatable bonds is 4. The summed E-state index contributed by atoms with van der Waals surface area (Å²) in [6.07, 6.45) is 1.48. The van der Waals surface area contributed by atoms with Crippen molar-refractivity contribution in [2.75, 3.05) is 0 Å². The van der Waals surface area contributed by atoms with Gasteiger partial charge in [0.15, 0.2) is 5.78 Å². The van der Waals surface area contributed by atoms with Crippen LogP contribution in [0.15, 0.2) is 36.5 Å². The van der Waals surface area contributed by atoms with Crippen molar-refractivity contribution in [3.05, 3.63) is 58.4 Å². The van der Waals surface area contributed by atoms with Gasteiger partial charge in [0.2, 0.25) is 0 Å². The highest BCUT2D eigenvalue weighted by molar-refractivity contribution is 6.30. The first-order chi connectivity index (χ1) is 9.06. The van der Waals surface area contributed by atoms with Crippen molar-refractivity contribution in [1.29, 1.82) is 0 Å². The molecule has 98 valence electrons. The molecule has 1 aromatic carbocycles. The molecule has 0 saturated heterocycles. The Morgan fingerprint density at radius 1 is 1.32 bits per heavy atom. The minimum atomic E-state index is -0.507. The van der Waals surface area contributed by atoms with Crippen LogP contribution in [0.3, 0.4) is 0 Å². The number of H-pyrrole nitrogens is 1. The quantitative estimate of drug-likeness (QED) is 0.689. The lowest BCUT2D eigenvalue weighted by Gasteiger charge is -2.03. The number of hydrogen-bond donors (Lipinski definition) is 1. The van der Waals surface area contributed by atoms with Gasteiger partial charge in [-0.25, -0.2) is 4.79 Å². The van der Waals surface area contributed by atoms with E-state index >= 15 is 0 Å². The minimum Gasteiger partial charge on any atom is -0.456 e. The summed E-state index contributed by atoms with van der Waals surface area (Å²) < 4.78 is 5.12. The zero-order valence-corrected chi connectivity index (χ0v) is 11.0. The fraction of sp³-hybridized carbons (Fsp3) is 0.143. The first kappa shape index (κ1) is 13.4. The smallest absolute Gasteiger partial charge is 0.355 e. The van der Waals surface area contributed by atoms with Crippen molar-refractivity contribution in [3.8, 4) is 0 Å². The van der Waals surface area contributed by atoms with E-state index < -0.39 is 5.97 Å². The lowest BCUT2D eigenvalue weighted by Crippen LogP contribution is -2.05. The number of nitrogens with one attached hydrogen (secondary N) is 1. The molecule has 2 aromatic rings. The van der Waals surface area contributed by atoms with Gasteiger partial charge in [-0.1, -0.05) is 23.7 Å². The van der Waals surface area contributed by atoms with Crippen molar-refractivity contribution in [3.63, 3.8) is 0 Å². The van der Waals surface area contributed by atoms with E-state index in [1.807, 2.05) is 6.07 Å². The lowest BCUT2D eigenvalue weighted by atomic mass is 10.2. The second-order valence-corrected chi connectivity index (χ2v) is 4.50. The standard InChI is InChI=1S/C14H12ClNO3/c1-9(17)11-6-13(16-7-11)14(18)19-8-10-3-2-4-12(15)5-10/h2-7,16H,8H2,1H3. The van der Waals surface area contributed by atoms with Crippen LogP contribution in [0.1, 0.15) is 33.3 Å². The second-order valence-electron chi connectivity index (χ2n) is 4.06. The molecule has 1 heterocycles. The molecule has 5 heteroatoms. The van der Waals surface area contributed by atoms with Crippen LogP contribution in [-0.2, 0) is 11.3 Å². The van der Waals surface area contributed by atoms with E-state index in [1.54, 1.807) is 18.2 Å². The topological polar surface area (TPSA) is 59.2 Å². The van der Waals surface area contributed by atoms with Gasteiger partial charge in [-0.2, -0.15) is 0 Å². The second kappa shape index (κ2) is 5.71. The van der Waals surface area contributed by atoms with Crippen molar-refractivity contribution in [2.24, 2.45) is 0 Å². The fourth-order valence-corrected chi connectivity index (χ4v) is 1.78. The third-order valence-electron chi connectivity index (χ3n) is 2.57. The number of carbonyl (C=O) groups is 2. The lowest BCUT2D eigenvalue weighted by molar-refractivity contribution is 0.0466. The van der Waals surface area contributed by atoms with Gasteiger partial charge in [0, 0.05) is 16.8 Å². The summed E-state index contributed by atoms with van der Waals surface area (Å²) in [4.78, 5) is 25.6. The molecule has 0 unspecified atom stereocenters. The molecule has 0 spiro atoms. The molecule has 1 N–H and O–H groups in total. The van der Waals surface area contributed by atoms with Gasteiger partial charge in [0.05, 0.1) is 0 Å². The molecule has 1 aromatic heterocycles. The summed E-state index contributed by atoms with van der Waals surface area (Å²) in [5, 5.41) is 0.590. The van der Waals surface area contributed by atoms with Crippen LogP contribution in [0.25, 0.3) is 0 Å². The van der Waals surface area contributed by atoms with Crippen LogP contribution in [0.5, 0.6) is 0 Å². The van der Waals surface area contributed by atoms with Gasteiger partial charge in [-0.05, 0) is 30.7 Å². The van der Waals surface area contributed by atoms with E-state index in [0.29, 0.717) is 10.6 Å². The Morgan fingerprint density at radius 3 is 2.74 bits per heavy atom. The van der Waals surface area contributed by atoms with Gasteiger partial charge >= 0.3 is 5.97 Å². The number of carbonyl (C=O) groups excluding carboxylic acids is 2. The van der Waals surface area contributed by atoms with E-state index in [1.165, 1.54) is 19.2 Å². The van der Waals surface area contributed by atoms with Gasteiger partial charge in [0.1, 0.15) is 12.3 Å². The number of ketones is 1. The average Bonchev–Trinajstić information content (AvgIpc) is 2.86. The predicted molar refractivity (Wildman–Crippen MR) is 71.4 cm³/mol. The largest absolute Gasteiger partial charge is 0.456 e. The van der Waals surface area contributed by atoms with Crippen molar-refractivity contribution in [1.82, 2.24) is 4.98 Å². The summed E-state index contributed by atoms with van der Waals surface area (Å²) in [5.74, 6) is -0.613. The number of halogens is 1. The summed E-state index contributed by atoms with van der Waals surface area (Å²) in [5.41, 5.74) is 1.51. The Morgan fingerprint density at radius 2 is 2.11 bits per heavy atom. The predicted octanol–water partition coefficient (Wildman–Crippen LogP) is 3.23. The summed E-state index contributed by atoms with van der Waals surface area (Å²) >= 11 is 5.83. The van der Waals surface area contributed by atoms with Gasteiger partial charge in [-0.15, -0.1) is 0 Å². The molecule has 0 saturated carbocycles. The fourth-order valence-electron chi connectivity index (χ4n) is 1.57. The number of benzene rings is 1. The molecular formula is C14H12ClNO3. The molecule has 0 aliphatic heterocycles. The monoisotopic (exact) mass is 277 g/mol. The van der Waals surface area contributed by atoms with Crippen LogP contribution < -0.4 is 0 Å². The van der Waals surface area contributed by atoms with Crippen molar-refractivity contribution >= 4 is 23.4 Å². The number of esters is 1. The molecular weight excluding hydrogens is 266 g/mol. The summed E-state index contributed by atoms with van der Waals surface area (Å²) in [6.45, 7) is 1.57. The Hall–Kier alpha value is -2.07. The number of ether oxygens (including phenoxy) is 1. The summed E-state index contributed by atoms with van der Waals surface area (Å²) in [6, 6.07) is 8.55. The molecule has 0 radical (unpaired) electrons. The summed E-state index contributed by atoms with van der Waals surface area (Å²) in [7, 11) is 0. The minimum absolute atomic E-state index is 0.106. The Labute approximate surface area is 115 Å². The third-order valence-corrected chi connectivity index (χ3v) is 2.80. The maximum atomic E-state index is 11.7. The van der Waals surface area contributed by atoms with Crippen LogP contribution in [0.4, 0.5) is 0 Å². The van der Waals surface area contributed by atoms with Crippen molar-refractivity contribution in [2.45, 2.75) is 13.5 Å². The maximum absolute atomic E-state index is 11.7. The third kappa shape index (κ3) is 3.45. The first-order valence-electron chi connectivity index (χ1n) is 5.67. The molecule has 19 heavy (non-hydrogen) atoms. The highest BCUT2D eigenvalue weighted by Gasteiger charge is 2.12.